The number of aliphatic imine (C=N–C) groups is 1. The lowest BCUT2D eigenvalue weighted by Crippen LogP contribution is -2.45. The molecule has 2 saturated heterocycles. The van der Waals surface area contributed by atoms with Crippen LogP contribution in [0.5, 0.6) is 0 Å². The number of hydrogen-bond donors (Lipinski definition) is 2. The maximum Gasteiger partial charge on any atom is 0.191 e. The summed E-state index contributed by atoms with van der Waals surface area (Å²) in [6.07, 6.45) is 6.16. The number of rotatable bonds is 10. The molecule has 2 aliphatic heterocycles. The van der Waals surface area contributed by atoms with E-state index in [-0.39, 0.29) is 24.0 Å². The number of likely N-dealkylation sites (tertiary alicyclic amines) is 1. The van der Waals surface area contributed by atoms with Crippen LogP contribution in [0.25, 0.3) is 0 Å². The van der Waals surface area contributed by atoms with E-state index in [2.05, 4.69) is 45.0 Å². The molecule has 1 aromatic heterocycles. The summed E-state index contributed by atoms with van der Waals surface area (Å²) in [6.45, 7) is 8.84. The van der Waals surface area contributed by atoms with Crippen LogP contribution in [0.15, 0.2) is 22.5 Å². The van der Waals surface area contributed by atoms with Gasteiger partial charge in [-0.05, 0) is 62.6 Å². The lowest BCUT2D eigenvalue weighted by atomic mass is 9.97. The Morgan fingerprint density at radius 3 is 2.83 bits per heavy atom. The predicted octanol–water partition coefficient (Wildman–Crippen LogP) is 3.89. The minimum Gasteiger partial charge on any atom is -0.379 e. The molecule has 2 N–H and O–H groups in total. The molecule has 8 heteroatoms. The highest BCUT2D eigenvalue weighted by molar-refractivity contribution is 14.0. The van der Waals surface area contributed by atoms with Gasteiger partial charge in [0.25, 0.3) is 0 Å². The highest BCUT2D eigenvalue weighted by atomic mass is 127. The Labute approximate surface area is 203 Å². The molecular formula is C22H39IN4O2S. The van der Waals surface area contributed by atoms with Crippen molar-refractivity contribution < 1.29 is 9.47 Å². The van der Waals surface area contributed by atoms with Gasteiger partial charge in [0.05, 0.1) is 18.8 Å². The first-order valence-corrected chi connectivity index (χ1v) is 12.1. The Morgan fingerprint density at radius 2 is 2.17 bits per heavy atom. The first-order chi connectivity index (χ1) is 14.3. The summed E-state index contributed by atoms with van der Waals surface area (Å²) < 4.78 is 11.3. The Balaban J connectivity index is 0.00000320. The molecule has 172 valence electrons. The van der Waals surface area contributed by atoms with Gasteiger partial charge in [0.15, 0.2) is 5.96 Å². The Morgan fingerprint density at radius 1 is 1.33 bits per heavy atom. The fourth-order valence-electron chi connectivity index (χ4n) is 4.02. The highest BCUT2D eigenvalue weighted by Gasteiger charge is 2.25. The summed E-state index contributed by atoms with van der Waals surface area (Å²) >= 11 is 1.85. The molecule has 30 heavy (non-hydrogen) atoms. The number of hydrogen-bond acceptors (Lipinski definition) is 5. The number of guanidine groups is 1. The number of thiophene rings is 1. The van der Waals surface area contributed by atoms with Gasteiger partial charge in [0.1, 0.15) is 0 Å². The van der Waals surface area contributed by atoms with Gasteiger partial charge in [-0.1, -0.05) is 13.0 Å². The zero-order valence-electron chi connectivity index (χ0n) is 18.5. The van der Waals surface area contributed by atoms with Crippen LogP contribution in [0.2, 0.25) is 0 Å². The van der Waals surface area contributed by atoms with Gasteiger partial charge in [0.2, 0.25) is 0 Å². The molecule has 0 bridgehead atoms. The van der Waals surface area contributed by atoms with E-state index in [1.807, 2.05) is 18.4 Å². The van der Waals surface area contributed by atoms with Crippen molar-refractivity contribution in [3.63, 3.8) is 0 Å². The topological polar surface area (TPSA) is 58.1 Å². The molecule has 0 radical (unpaired) electrons. The van der Waals surface area contributed by atoms with Gasteiger partial charge in [0, 0.05) is 38.2 Å². The van der Waals surface area contributed by atoms with Crippen LogP contribution in [-0.2, 0) is 9.47 Å². The van der Waals surface area contributed by atoms with Crippen LogP contribution < -0.4 is 10.6 Å². The van der Waals surface area contributed by atoms with E-state index in [1.54, 1.807) is 0 Å². The molecule has 3 heterocycles. The van der Waals surface area contributed by atoms with Crippen LogP contribution in [0.3, 0.4) is 0 Å². The standard InChI is InChI=1S/C22H38N4O2S.HI/c1-18-8-11-26(12-9-18)20(21-7-4-15-29-21)16-25-22(23-2)24-10-5-13-27-17-19-6-3-14-28-19;/h4,7,15,18-20H,3,5-6,8-14,16-17H2,1-2H3,(H2,23,24,25);1H. The normalized spacial score (nSPS) is 21.9. The van der Waals surface area contributed by atoms with Gasteiger partial charge in [-0.15, -0.1) is 35.3 Å². The minimum absolute atomic E-state index is 0. The number of ether oxygens (including phenoxy) is 2. The van der Waals surface area contributed by atoms with Gasteiger partial charge < -0.3 is 20.1 Å². The summed E-state index contributed by atoms with van der Waals surface area (Å²) in [4.78, 5) is 8.46. The van der Waals surface area contributed by atoms with Crippen molar-refractivity contribution in [3.05, 3.63) is 22.4 Å². The molecule has 2 unspecified atom stereocenters. The van der Waals surface area contributed by atoms with Crippen LogP contribution >= 0.6 is 35.3 Å². The summed E-state index contributed by atoms with van der Waals surface area (Å²) in [6, 6.07) is 4.83. The van der Waals surface area contributed by atoms with E-state index in [0.717, 1.165) is 57.6 Å². The van der Waals surface area contributed by atoms with Gasteiger partial charge >= 0.3 is 0 Å². The molecule has 1 aromatic rings. The molecular weight excluding hydrogens is 511 g/mol. The first kappa shape index (κ1) is 25.8. The zero-order chi connectivity index (χ0) is 20.3. The SMILES string of the molecule is CN=C(NCCCOCC1CCCO1)NCC(c1cccs1)N1CCC(C)CC1.I. The first-order valence-electron chi connectivity index (χ1n) is 11.2. The molecule has 2 fully saturated rings. The molecule has 0 aliphatic carbocycles. The summed E-state index contributed by atoms with van der Waals surface area (Å²) in [5, 5.41) is 9.15. The second kappa shape index (κ2) is 14.6. The van der Waals surface area contributed by atoms with Crippen LogP contribution in [0.1, 0.15) is 49.9 Å². The maximum atomic E-state index is 5.74. The quantitative estimate of drug-likeness (QED) is 0.201. The number of nitrogens with one attached hydrogen (secondary N) is 2. The second-order valence-corrected chi connectivity index (χ2v) is 9.17. The average molecular weight is 551 g/mol. The monoisotopic (exact) mass is 550 g/mol. The van der Waals surface area contributed by atoms with Crippen LogP contribution in [0, 0.1) is 5.92 Å². The average Bonchev–Trinajstić information content (AvgIpc) is 3.44. The summed E-state index contributed by atoms with van der Waals surface area (Å²) in [5.41, 5.74) is 0. The minimum atomic E-state index is 0. The number of piperidine rings is 1. The molecule has 0 aromatic carbocycles. The van der Waals surface area contributed by atoms with Crippen molar-refractivity contribution in [2.24, 2.45) is 10.9 Å². The third-order valence-corrected chi connectivity index (χ3v) is 6.88. The van der Waals surface area contributed by atoms with E-state index in [1.165, 1.54) is 37.2 Å². The van der Waals surface area contributed by atoms with Gasteiger partial charge in [-0.2, -0.15) is 0 Å². The second-order valence-electron chi connectivity index (χ2n) is 8.19. The van der Waals surface area contributed by atoms with Crippen LogP contribution in [-0.4, -0.2) is 70.0 Å². The lowest BCUT2D eigenvalue weighted by Gasteiger charge is -2.36. The third kappa shape index (κ3) is 8.61. The van der Waals surface area contributed by atoms with E-state index in [9.17, 15) is 0 Å². The van der Waals surface area contributed by atoms with E-state index in [0.29, 0.717) is 12.1 Å². The van der Waals surface area contributed by atoms with Crippen LogP contribution in [0.4, 0.5) is 0 Å². The molecule has 3 rings (SSSR count). The summed E-state index contributed by atoms with van der Waals surface area (Å²) in [7, 11) is 1.84. The van der Waals surface area contributed by atoms with Gasteiger partial charge in [-0.25, -0.2) is 0 Å². The predicted molar refractivity (Wildman–Crippen MR) is 136 cm³/mol. The smallest absolute Gasteiger partial charge is 0.191 e. The van der Waals surface area contributed by atoms with Crippen molar-refractivity contribution in [1.29, 1.82) is 0 Å². The molecule has 6 nitrogen and oxygen atoms in total. The van der Waals surface area contributed by atoms with E-state index < -0.39 is 0 Å². The van der Waals surface area contributed by atoms with Crippen molar-refractivity contribution >= 4 is 41.3 Å². The van der Waals surface area contributed by atoms with Crippen molar-refractivity contribution in [1.82, 2.24) is 15.5 Å². The van der Waals surface area contributed by atoms with Crippen molar-refractivity contribution in [2.45, 2.75) is 51.2 Å². The fraction of sp³-hybridized carbons (Fsp3) is 0.773. The Bertz CT molecular complexity index is 588. The molecule has 2 aliphatic rings. The molecule has 0 spiro atoms. The Hall–Kier alpha value is -0.420. The lowest BCUT2D eigenvalue weighted by molar-refractivity contribution is 0.0168. The highest BCUT2D eigenvalue weighted by Crippen LogP contribution is 2.29. The largest absolute Gasteiger partial charge is 0.379 e. The zero-order valence-corrected chi connectivity index (χ0v) is 21.6. The van der Waals surface area contributed by atoms with Crippen molar-refractivity contribution in [3.8, 4) is 0 Å². The van der Waals surface area contributed by atoms with Gasteiger partial charge in [-0.3, -0.25) is 9.89 Å². The third-order valence-electron chi connectivity index (χ3n) is 5.90. The maximum absolute atomic E-state index is 5.74. The fourth-order valence-corrected chi connectivity index (χ4v) is 4.88. The van der Waals surface area contributed by atoms with Crippen molar-refractivity contribution in [2.75, 3.05) is 53.0 Å². The molecule has 0 saturated carbocycles. The molecule has 2 atom stereocenters. The Kier molecular flexibility index (Phi) is 12.6. The number of halogens is 1. The number of nitrogens with zero attached hydrogens (tertiary/aromatic N) is 2. The van der Waals surface area contributed by atoms with E-state index in [4.69, 9.17) is 9.47 Å². The molecule has 0 amide bonds. The summed E-state index contributed by atoms with van der Waals surface area (Å²) in [5.74, 6) is 1.72. The van der Waals surface area contributed by atoms with E-state index >= 15 is 0 Å².